The van der Waals surface area contributed by atoms with Crippen molar-refractivity contribution >= 4 is 27.3 Å². The quantitative estimate of drug-likeness (QED) is 0.471. The zero-order valence-electron chi connectivity index (χ0n) is 20.1. The average Bonchev–Trinajstić information content (AvgIpc) is 2.78. The summed E-state index contributed by atoms with van der Waals surface area (Å²) in [5.41, 5.74) is 3.48. The van der Waals surface area contributed by atoms with Crippen molar-refractivity contribution in [1.29, 1.82) is 0 Å². The number of carbonyl (C=O) groups excluding carboxylic acids is 1. The van der Waals surface area contributed by atoms with Crippen LogP contribution in [0.2, 0.25) is 0 Å². The van der Waals surface area contributed by atoms with E-state index < -0.39 is 22.5 Å². The number of methoxy groups -OCH3 is 1. The fourth-order valence-corrected chi connectivity index (χ4v) is 5.29. The number of sulfonamides is 1. The van der Waals surface area contributed by atoms with Crippen molar-refractivity contribution in [3.05, 3.63) is 77.4 Å². The fraction of sp³-hybridized carbons (Fsp3) is 0.269. The molecule has 3 aromatic rings. The molecule has 3 rings (SSSR count). The summed E-state index contributed by atoms with van der Waals surface area (Å²) in [7, 11) is -2.71. The van der Waals surface area contributed by atoms with Crippen molar-refractivity contribution in [2.45, 2.75) is 32.6 Å². The van der Waals surface area contributed by atoms with Gasteiger partial charge in [0.2, 0.25) is 5.91 Å². The Morgan fingerprint density at radius 3 is 2.15 bits per heavy atom. The van der Waals surface area contributed by atoms with Crippen molar-refractivity contribution in [2.75, 3.05) is 29.9 Å². The molecule has 0 heterocycles. The van der Waals surface area contributed by atoms with E-state index in [0.717, 1.165) is 21.0 Å². The van der Waals surface area contributed by atoms with Gasteiger partial charge in [-0.15, -0.1) is 0 Å². The molecule has 0 bridgehead atoms. The maximum absolute atomic E-state index is 13.8. The van der Waals surface area contributed by atoms with Crippen molar-refractivity contribution < 1.29 is 22.7 Å². The minimum atomic E-state index is -4.13. The molecule has 3 aromatic carbocycles. The molecule has 0 aromatic heterocycles. The largest absolute Gasteiger partial charge is 0.495 e. The van der Waals surface area contributed by atoms with E-state index in [1.165, 1.54) is 7.11 Å². The third kappa shape index (κ3) is 5.88. The summed E-state index contributed by atoms with van der Waals surface area (Å²) < 4.78 is 39.6. The first-order valence-electron chi connectivity index (χ1n) is 10.9. The zero-order chi connectivity index (χ0) is 24.9. The molecule has 0 saturated carbocycles. The van der Waals surface area contributed by atoms with E-state index in [1.54, 1.807) is 61.5 Å². The molecule has 7 nitrogen and oxygen atoms in total. The van der Waals surface area contributed by atoms with Gasteiger partial charge in [0.05, 0.1) is 19.4 Å². The smallest absolute Gasteiger partial charge is 0.268 e. The number of hydrogen-bond donors (Lipinski definition) is 1. The summed E-state index contributed by atoms with van der Waals surface area (Å²) in [6.45, 7) is 7.59. The molecule has 0 spiro atoms. The highest BCUT2D eigenvalue weighted by Crippen LogP contribution is 2.32. The van der Waals surface area contributed by atoms with E-state index in [4.69, 9.17) is 9.47 Å². The van der Waals surface area contributed by atoms with Gasteiger partial charge in [0.15, 0.2) is 0 Å². The average molecular weight is 483 g/mol. The van der Waals surface area contributed by atoms with Gasteiger partial charge < -0.3 is 14.8 Å². The van der Waals surface area contributed by atoms with Crippen LogP contribution in [0.25, 0.3) is 0 Å². The summed E-state index contributed by atoms with van der Waals surface area (Å²) in [4.78, 5) is 13.0. The van der Waals surface area contributed by atoms with E-state index in [1.807, 2.05) is 26.8 Å². The molecule has 0 aliphatic heterocycles. The first kappa shape index (κ1) is 25.1. The number of nitrogens with zero attached hydrogens (tertiary/aromatic N) is 1. The van der Waals surface area contributed by atoms with E-state index >= 15 is 0 Å². The van der Waals surface area contributed by atoms with Crippen LogP contribution >= 0.6 is 0 Å². The second kappa shape index (κ2) is 10.6. The number of ether oxygens (including phenoxy) is 2. The lowest BCUT2D eigenvalue weighted by atomic mass is 10.1. The molecule has 0 aliphatic carbocycles. The fourth-order valence-electron chi connectivity index (χ4n) is 3.65. The summed E-state index contributed by atoms with van der Waals surface area (Å²) in [5, 5.41) is 2.77. The van der Waals surface area contributed by atoms with Crippen LogP contribution < -0.4 is 19.1 Å². The van der Waals surface area contributed by atoms with Crippen LogP contribution in [0, 0.1) is 20.8 Å². The highest BCUT2D eigenvalue weighted by Gasteiger charge is 2.30. The zero-order valence-corrected chi connectivity index (χ0v) is 20.9. The molecule has 180 valence electrons. The minimum absolute atomic E-state index is 0.00280. The summed E-state index contributed by atoms with van der Waals surface area (Å²) in [6.07, 6.45) is 0. The topological polar surface area (TPSA) is 84.9 Å². The number of carbonyl (C=O) groups is 1. The van der Waals surface area contributed by atoms with E-state index in [0.29, 0.717) is 23.7 Å². The number of rotatable bonds is 9. The molecule has 1 N–H and O–H groups in total. The van der Waals surface area contributed by atoms with Gasteiger partial charge in [0.1, 0.15) is 22.9 Å². The van der Waals surface area contributed by atoms with Crippen molar-refractivity contribution in [2.24, 2.45) is 0 Å². The summed E-state index contributed by atoms with van der Waals surface area (Å²) in [5.74, 6) is 0.428. The maximum Gasteiger partial charge on any atom is 0.268 e. The Hall–Kier alpha value is -3.52. The highest BCUT2D eigenvalue weighted by molar-refractivity contribution is 7.93. The van der Waals surface area contributed by atoms with Gasteiger partial charge in [-0.2, -0.15) is 0 Å². The van der Waals surface area contributed by atoms with Crippen LogP contribution in [-0.4, -0.2) is 34.6 Å². The lowest BCUT2D eigenvalue weighted by Crippen LogP contribution is -2.38. The van der Waals surface area contributed by atoms with Crippen LogP contribution in [0.5, 0.6) is 11.5 Å². The predicted molar refractivity (Wildman–Crippen MR) is 134 cm³/mol. The van der Waals surface area contributed by atoms with E-state index in [9.17, 15) is 13.2 Å². The number of anilines is 2. The Labute approximate surface area is 201 Å². The van der Waals surface area contributed by atoms with Crippen LogP contribution in [0.1, 0.15) is 23.6 Å². The predicted octanol–water partition coefficient (Wildman–Crippen LogP) is 4.85. The van der Waals surface area contributed by atoms with Gasteiger partial charge in [0, 0.05) is 5.69 Å². The van der Waals surface area contributed by atoms with Crippen LogP contribution in [-0.2, 0) is 14.8 Å². The summed E-state index contributed by atoms with van der Waals surface area (Å²) in [6, 6.07) is 17.3. The van der Waals surface area contributed by atoms with Crippen molar-refractivity contribution in [1.82, 2.24) is 0 Å². The lowest BCUT2D eigenvalue weighted by molar-refractivity contribution is -0.114. The van der Waals surface area contributed by atoms with Crippen LogP contribution in [0.3, 0.4) is 0 Å². The molecule has 0 atom stereocenters. The molecule has 1 amide bonds. The molecule has 0 radical (unpaired) electrons. The first-order chi connectivity index (χ1) is 16.1. The third-order valence-corrected chi connectivity index (χ3v) is 6.91. The SMILES string of the molecule is CCOc1ccc(NC(=O)CN(c2cc(C)cc(C)c2)S(=O)(=O)c2cc(C)ccc2OC)cc1. The molecule has 8 heteroatoms. The van der Waals surface area contributed by atoms with Crippen molar-refractivity contribution in [3.8, 4) is 11.5 Å². The van der Waals surface area contributed by atoms with E-state index in [2.05, 4.69) is 5.32 Å². The number of nitrogens with one attached hydrogen (secondary N) is 1. The van der Waals surface area contributed by atoms with Gasteiger partial charge in [-0.1, -0.05) is 12.1 Å². The highest BCUT2D eigenvalue weighted by atomic mass is 32.2. The van der Waals surface area contributed by atoms with E-state index in [-0.39, 0.29) is 10.6 Å². The van der Waals surface area contributed by atoms with Crippen LogP contribution in [0.4, 0.5) is 11.4 Å². The van der Waals surface area contributed by atoms with Crippen LogP contribution in [0.15, 0.2) is 65.6 Å². The Morgan fingerprint density at radius 2 is 1.56 bits per heavy atom. The van der Waals surface area contributed by atoms with Gasteiger partial charge in [-0.25, -0.2) is 8.42 Å². The Kier molecular flexibility index (Phi) is 7.83. The molecule has 0 saturated heterocycles. The Balaban J connectivity index is 1.99. The first-order valence-corrected chi connectivity index (χ1v) is 12.4. The Bertz CT molecular complexity index is 1250. The number of amides is 1. The standard InChI is InChI=1S/C26H30N2O5S/c1-6-33-23-10-8-21(9-11-23)27-26(29)17-28(22-14-19(3)13-20(4)15-22)34(30,31)25-16-18(2)7-12-24(25)32-5/h7-16H,6,17H2,1-5H3,(H,27,29). The summed E-state index contributed by atoms with van der Waals surface area (Å²) >= 11 is 0. The second-order valence-corrected chi connectivity index (χ2v) is 9.85. The molecule has 34 heavy (non-hydrogen) atoms. The van der Waals surface area contributed by atoms with Gasteiger partial charge >= 0.3 is 0 Å². The third-order valence-electron chi connectivity index (χ3n) is 5.12. The Morgan fingerprint density at radius 1 is 0.912 bits per heavy atom. The van der Waals surface area contributed by atoms with Crippen molar-refractivity contribution in [3.63, 3.8) is 0 Å². The van der Waals surface area contributed by atoms with Gasteiger partial charge in [-0.05, 0) is 92.9 Å². The normalized spacial score (nSPS) is 11.1. The molecule has 0 unspecified atom stereocenters. The maximum atomic E-state index is 13.8. The monoisotopic (exact) mass is 482 g/mol. The number of hydrogen-bond acceptors (Lipinski definition) is 5. The molecule has 0 fully saturated rings. The lowest BCUT2D eigenvalue weighted by Gasteiger charge is -2.26. The molecular formula is C26H30N2O5S. The van der Waals surface area contributed by atoms with Gasteiger partial charge in [0.25, 0.3) is 10.0 Å². The molecular weight excluding hydrogens is 452 g/mol. The van der Waals surface area contributed by atoms with Gasteiger partial charge in [-0.3, -0.25) is 9.10 Å². The number of aryl methyl sites for hydroxylation is 3. The second-order valence-electron chi connectivity index (χ2n) is 8.02. The molecule has 0 aliphatic rings. The number of benzene rings is 3. The minimum Gasteiger partial charge on any atom is -0.495 e.